The van der Waals surface area contributed by atoms with Gasteiger partial charge in [0.25, 0.3) is 0 Å². The summed E-state index contributed by atoms with van der Waals surface area (Å²) < 4.78 is 0. The van der Waals surface area contributed by atoms with Crippen LogP contribution in [-0.4, -0.2) is 40.6 Å². The van der Waals surface area contributed by atoms with Crippen molar-refractivity contribution in [1.29, 1.82) is 0 Å². The third kappa shape index (κ3) is 2.49. The number of nitrogens with one attached hydrogen (secondary N) is 1. The van der Waals surface area contributed by atoms with Crippen molar-refractivity contribution in [1.82, 2.24) is 9.88 Å². The smallest absolute Gasteiger partial charge is 0.335 e. The molecule has 0 atom stereocenters. The molecule has 2 N–H and O–H groups in total. The van der Waals surface area contributed by atoms with Crippen molar-refractivity contribution in [3.05, 3.63) is 35.5 Å². The molecule has 0 amide bonds. The van der Waals surface area contributed by atoms with E-state index in [9.17, 15) is 4.79 Å². The molecule has 1 saturated heterocycles. The van der Waals surface area contributed by atoms with Gasteiger partial charge in [0.2, 0.25) is 0 Å². The van der Waals surface area contributed by atoms with E-state index < -0.39 is 5.97 Å². The predicted molar refractivity (Wildman–Crippen MR) is 74.6 cm³/mol. The van der Waals surface area contributed by atoms with Gasteiger partial charge in [-0.2, -0.15) is 0 Å². The number of likely N-dealkylation sites (tertiary alicyclic amines) is 1. The van der Waals surface area contributed by atoms with Gasteiger partial charge in [-0.25, -0.2) is 4.79 Å². The summed E-state index contributed by atoms with van der Waals surface area (Å²) >= 11 is 0. The van der Waals surface area contributed by atoms with Crippen molar-refractivity contribution in [3.8, 4) is 0 Å². The second kappa shape index (κ2) is 5.05. The first-order valence-electron chi connectivity index (χ1n) is 6.80. The Morgan fingerprint density at radius 2 is 2.11 bits per heavy atom. The highest BCUT2D eigenvalue weighted by Gasteiger charge is 2.13. The molecule has 4 nitrogen and oxygen atoms in total. The number of benzene rings is 1. The van der Waals surface area contributed by atoms with Crippen LogP contribution < -0.4 is 0 Å². The molecule has 1 aromatic heterocycles. The Balaban J connectivity index is 1.78. The Kier molecular flexibility index (Phi) is 3.25. The zero-order chi connectivity index (χ0) is 13.2. The number of carboxylic acids is 1. The van der Waals surface area contributed by atoms with E-state index in [0.717, 1.165) is 23.9 Å². The number of rotatable bonds is 4. The minimum atomic E-state index is -0.880. The van der Waals surface area contributed by atoms with Gasteiger partial charge in [0.1, 0.15) is 0 Å². The summed E-state index contributed by atoms with van der Waals surface area (Å²) in [5.41, 5.74) is 2.52. The maximum atomic E-state index is 10.9. The molecular formula is C15H18N2O2. The van der Waals surface area contributed by atoms with Crippen LogP contribution in [0.3, 0.4) is 0 Å². The number of carbonyl (C=O) groups is 1. The molecule has 3 rings (SSSR count). The number of fused-ring (bicyclic) bond motifs is 1. The van der Waals surface area contributed by atoms with Gasteiger partial charge in [0, 0.05) is 23.6 Å². The molecule has 1 fully saturated rings. The van der Waals surface area contributed by atoms with Crippen molar-refractivity contribution in [3.63, 3.8) is 0 Å². The number of aromatic nitrogens is 1. The van der Waals surface area contributed by atoms with E-state index in [-0.39, 0.29) is 0 Å². The first-order valence-corrected chi connectivity index (χ1v) is 6.80. The molecule has 2 aromatic rings. The third-order valence-electron chi connectivity index (χ3n) is 3.91. The second-order valence-electron chi connectivity index (χ2n) is 5.18. The van der Waals surface area contributed by atoms with E-state index in [0.29, 0.717) is 5.56 Å². The minimum absolute atomic E-state index is 0.334. The quantitative estimate of drug-likeness (QED) is 0.886. The Morgan fingerprint density at radius 3 is 2.84 bits per heavy atom. The highest BCUT2D eigenvalue weighted by Crippen LogP contribution is 2.21. The van der Waals surface area contributed by atoms with Crippen LogP contribution in [0.15, 0.2) is 24.4 Å². The summed E-state index contributed by atoms with van der Waals surface area (Å²) in [4.78, 5) is 16.6. The number of aromatic carboxylic acids is 1. The van der Waals surface area contributed by atoms with Gasteiger partial charge in [-0.1, -0.05) is 6.07 Å². The average Bonchev–Trinajstić information content (AvgIpc) is 3.05. The van der Waals surface area contributed by atoms with Gasteiger partial charge in [0.15, 0.2) is 0 Å². The van der Waals surface area contributed by atoms with Crippen LogP contribution in [0.4, 0.5) is 0 Å². The minimum Gasteiger partial charge on any atom is -0.478 e. The fourth-order valence-corrected chi connectivity index (χ4v) is 2.81. The lowest BCUT2D eigenvalue weighted by molar-refractivity contribution is 0.0697. The summed E-state index contributed by atoms with van der Waals surface area (Å²) in [7, 11) is 0. The zero-order valence-corrected chi connectivity index (χ0v) is 10.9. The molecule has 0 saturated carbocycles. The average molecular weight is 258 g/mol. The number of nitrogens with zero attached hydrogens (tertiary/aromatic N) is 1. The molecule has 19 heavy (non-hydrogen) atoms. The molecule has 1 aliphatic rings. The van der Waals surface area contributed by atoms with Crippen LogP contribution in [0.1, 0.15) is 28.8 Å². The van der Waals surface area contributed by atoms with Crippen LogP contribution in [0.2, 0.25) is 0 Å². The van der Waals surface area contributed by atoms with Crippen LogP contribution in [0.25, 0.3) is 10.9 Å². The number of carboxylic acid groups (broad SMARTS) is 1. The van der Waals surface area contributed by atoms with E-state index >= 15 is 0 Å². The largest absolute Gasteiger partial charge is 0.478 e. The standard InChI is InChI=1S/C15H18N2O2/c18-15(19)11-3-4-13-12(10-16-14(13)9-11)5-8-17-6-1-2-7-17/h3-4,9-10,16H,1-2,5-8H2,(H,18,19). The lowest BCUT2D eigenvalue weighted by Crippen LogP contribution is -2.21. The highest BCUT2D eigenvalue weighted by atomic mass is 16.4. The van der Waals surface area contributed by atoms with Crippen LogP contribution in [0, 0.1) is 0 Å². The number of H-pyrrole nitrogens is 1. The first kappa shape index (κ1) is 12.2. The van der Waals surface area contributed by atoms with Crippen LogP contribution in [0.5, 0.6) is 0 Å². The van der Waals surface area contributed by atoms with E-state index in [4.69, 9.17) is 5.11 Å². The summed E-state index contributed by atoms with van der Waals surface area (Å²) in [5.74, 6) is -0.880. The zero-order valence-electron chi connectivity index (χ0n) is 10.9. The molecule has 2 heterocycles. The monoisotopic (exact) mass is 258 g/mol. The van der Waals surface area contributed by atoms with Crippen molar-refractivity contribution >= 4 is 16.9 Å². The van der Waals surface area contributed by atoms with Crippen LogP contribution >= 0.6 is 0 Å². The molecule has 0 bridgehead atoms. The predicted octanol–water partition coefficient (Wildman–Crippen LogP) is 2.50. The summed E-state index contributed by atoms with van der Waals surface area (Å²) in [6.07, 6.45) is 5.66. The highest BCUT2D eigenvalue weighted by molar-refractivity contribution is 5.94. The normalized spacial score (nSPS) is 16.2. The second-order valence-corrected chi connectivity index (χ2v) is 5.18. The van der Waals surface area contributed by atoms with E-state index in [1.54, 1.807) is 12.1 Å². The molecular weight excluding hydrogens is 240 g/mol. The Morgan fingerprint density at radius 1 is 1.32 bits per heavy atom. The van der Waals surface area contributed by atoms with Gasteiger partial charge in [0.05, 0.1) is 5.56 Å². The van der Waals surface area contributed by atoms with Crippen molar-refractivity contribution in [2.45, 2.75) is 19.3 Å². The van der Waals surface area contributed by atoms with Crippen molar-refractivity contribution < 1.29 is 9.90 Å². The molecule has 100 valence electrons. The Labute approximate surface area is 112 Å². The molecule has 0 unspecified atom stereocenters. The maximum absolute atomic E-state index is 10.9. The van der Waals surface area contributed by atoms with Gasteiger partial charge >= 0.3 is 5.97 Å². The number of hydrogen-bond donors (Lipinski definition) is 2. The van der Waals surface area contributed by atoms with E-state index in [2.05, 4.69) is 9.88 Å². The summed E-state index contributed by atoms with van der Waals surface area (Å²) in [6.45, 7) is 3.52. The van der Waals surface area contributed by atoms with Crippen LogP contribution in [-0.2, 0) is 6.42 Å². The van der Waals surface area contributed by atoms with Gasteiger partial charge in [-0.15, -0.1) is 0 Å². The topological polar surface area (TPSA) is 56.3 Å². The fourth-order valence-electron chi connectivity index (χ4n) is 2.81. The number of hydrogen-bond acceptors (Lipinski definition) is 2. The summed E-state index contributed by atoms with van der Waals surface area (Å²) in [5, 5.41) is 10.1. The molecule has 1 aromatic carbocycles. The SMILES string of the molecule is O=C(O)c1ccc2c(CCN3CCCC3)c[nH]c2c1. The number of aromatic amines is 1. The molecule has 0 spiro atoms. The van der Waals surface area contributed by atoms with E-state index in [1.807, 2.05) is 12.3 Å². The van der Waals surface area contributed by atoms with Gasteiger partial charge < -0.3 is 15.0 Å². The summed E-state index contributed by atoms with van der Waals surface area (Å²) in [6, 6.07) is 5.30. The molecule has 0 aliphatic carbocycles. The third-order valence-corrected chi connectivity index (χ3v) is 3.91. The van der Waals surface area contributed by atoms with Crippen molar-refractivity contribution in [2.24, 2.45) is 0 Å². The fraction of sp³-hybridized carbons (Fsp3) is 0.400. The van der Waals surface area contributed by atoms with Crippen molar-refractivity contribution in [2.75, 3.05) is 19.6 Å². The molecule has 1 aliphatic heterocycles. The van der Waals surface area contributed by atoms with Gasteiger partial charge in [-0.3, -0.25) is 0 Å². The molecule has 0 radical (unpaired) electrons. The maximum Gasteiger partial charge on any atom is 0.335 e. The Bertz CT molecular complexity index is 597. The molecule has 4 heteroatoms. The van der Waals surface area contributed by atoms with Gasteiger partial charge in [-0.05, 0) is 50.0 Å². The lowest BCUT2D eigenvalue weighted by Gasteiger charge is -2.13. The lowest BCUT2D eigenvalue weighted by atomic mass is 10.1. The van der Waals surface area contributed by atoms with E-state index in [1.165, 1.54) is 31.5 Å². The first-order chi connectivity index (χ1) is 9.24. The Hall–Kier alpha value is -1.81.